The predicted octanol–water partition coefficient (Wildman–Crippen LogP) is 2.35. The Kier molecular flexibility index (Phi) is 4.04. The highest BCUT2D eigenvalue weighted by atomic mass is 16.3. The van der Waals surface area contributed by atoms with E-state index in [0.717, 1.165) is 17.2 Å². The fraction of sp³-hybridized carbons (Fsp3) is 0. The van der Waals surface area contributed by atoms with E-state index in [1.807, 2.05) is 42.5 Å². The van der Waals surface area contributed by atoms with E-state index in [9.17, 15) is 4.79 Å². The van der Waals surface area contributed by atoms with Crippen LogP contribution in [0.25, 0.3) is 10.8 Å². The third-order valence-corrected chi connectivity index (χ3v) is 1.91. The van der Waals surface area contributed by atoms with Crippen molar-refractivity contribution in [3.63, 3.8) is 0 Å². The molecule has 3 nitrogen and oxygen atoms in total. The van der Waals surface area contributed by atoms with E-state index in [1.165, 1.54) is 5.39 Å². The molecule has 0 aliphatic heterocycles. The van der Waals surface area contributed by atoms with E-state index in [0.29, 0.717) is 0 Å². The summed E-state index contributed by atoms with van der Waals surface area (Å²) in [5, 5.41) is 9.17. The van der Waals surface area contributed by atoms with Crippen LogP contribution in [0, 0.1) is 0 Å². The van der Waals surface area contributed by atoms with Crippen molar-refractivity contribution in [2.75, 3.05) is 0 Å². The predicted molar refractivity (Wildman–Crippen MR) is 58.0 cm³/mol. The maximum absolute atomic E-state index is 10.5. The number of aldehydes is 1. The molecule has 2 rings (SSSR count). The van der Waals surface area contributed by atoms with Crippen LogP contribution in [0.1, 0.15) is 10.4 Å². The summed E-state index contributed by atoms with van der Waals surface area (Å²) in [6, 6.07) is 13.7. The lowest BCUT2D eigenvalue weighted by Gasteiger charge is -1.96. The molecule has 2 aromatic carbocycles. The van der Waals surface area contributed by atoms with Crippen molar-refractivity contribution in [1.82, 2.24) is 0 Å². The number of hydrogen-bond donors (Lipinski definition) is 1. The van der Waals surface area contributed by atoms with Gasteiger partial charge in [0.05, 0.1) is 0 Å². The van der Waals surface area contributed by atoms with Gasteiger partial charge in [-0.25, -0.2) is 0 Å². The fourth-order valence-electron chi connectivity index (χ4n) is 1.28. The second kappa shape index (κ2) is 5.54. The average molecular weight is 202 g/mol. The third kappa shape index (κ3) is 2.91. The minimum Gasteiger partial charge on any atom is -0.483 e. The van der Waals surface area contributed by atoms with Crippen molar-refractivity contribution >= 4 is 23.5 Å². The maximum Gasteiger partial charge on any atom is 0.290 e. The van der Waals surface area contributed by atoms with Gasteiger partial charge in [0.25, 0.3) is 6.47 Å². The number of fused-ring (bicyclic) bond motifs is 1. The molecule has 2 aromatic rings. The normalized spacial score (nSPS) is 8.80. The molecule has 0 atom stereocenters. The van der Waals surface area contributed by atoms with Crippen LogP contribution >= 0.6 is 0 Å². The molecule has 0 spiro atoms. The Balaban J connectivity index is 0.000000337. The second-order valence-corrected chi connectivity index (χ2v) is 2.83. The highest BCUT2D eigenvalue weighted by Crippen LogP contribution is 2.14. The molecule has 0 radical (unpaired) electrons. The molecule has 0 saturated carbocycles. The van der Waals surface area contributed by atoms with Gasteiger partial charge in [-0.3, -0.25) is 9.59 Å². The summed E-state index contributed by atoms with van der Waals surface area (Å²) in [6.07, 6.45) is 0.867. The zero-order valence-electron chi connectivity index (χ0n) is 7.96. The van der Waals surface area contributed by atoms with Crippen molar-refractivity contribution < 1.29 is 14.7 Å². The van der Waals surface area contributed by atoms with Crippen molar-refractivity contribution in [1.29, 1.82) is 0 Å². The van der Waals surface area contributed by atoms with Crippen LogP contribution in [0.2, 0.25) is 0 Å². The van der Waals surface area contributed by atoms with Gasteiger partial charge in [-0.15, -0.1) is 0 Å². The summed E-state index contributed by atoms with van der Waals surface area (Å²) in [5.74, 6) is 0. The minimum atomic E-state index is -0.250. The molecule has 76 valence electrons. The molecular formula is C12H10O3. The SMILES string of the molecule is O=CO.O=Cc1ccc2ccccc2c1. The van der Waals surface area contributed by atoms with E-state index in [2.05, 4.69) is 0 Å². The zero-order valence-corrected chi connectivity index (χ0v) is 7.96. The van der Waals surface area contributed by atoms with Gasteiger partial charge in [0.1, 0.15) is 6.29 Å². The molecule has 0 unspecified atom stereocenters. The quantitative estimate of drug-likeness (QED) is 0.722. The summed E-state index contributed by atoms with van der Waals surface area (Å²) < 4.78 is 0. The highest BCUT2D eigenvalue weighted by molar-refractivity contribution is 5.88. The number of rotatable bonds is 1. The first-order valence-electron chi connectivity index (χ1n) is 4.33. The molecule has 0 aliphatic rings. The molecule has 0 bridgehead atoms. The zero-order chi connectivity index (χ0) is 11.1. The Labute approximate surface area is 87.0 Å². The van der Waals surface area contributed by atoms with Crippen molar-refractivity contribution in [3.8, 4) is 0 Å². The van der Waals surface area contributed by atoms with Gasteiger partial charge in [0.15, 0.2) is 0 Å². The molecule has 0 aromatic heterocycles. The van der Waals surface area contributed by atoms with Crippen LogP contribution < -0.4 is 0 Å². The van der Waals surface area contributed by atoms with E-state index in [1.54, 1.807) is 0 Å². The van der Waals surface area contributed by atoms with Gasteiger partial charge in [0.2, 0.25) is 0 Å². The van der Waals surface area contributed by atoms with Gasteiger partial charge in [-0.05, 0) is 16.8 Å². The molecule has 3 heteroatoms. The Hall–Kier alpha value is -2.16. The standard InChI is InChI=1S/C11H8O.CH2O2/c12-8-9-5-6-10-3-1-2-4-11(10)7-9;2-1-3/h1-8H;1H,(H,2,3). The molecule has 0 aliphatic carbocycles. The summed E-state index contributed by atoms with van der Waals surface area (Å²) in [6.45, 7) is -0.250. The van der Waals surface area contributed by atoms with Crippen LogP contribution in [0.5, 0.6) is 0 Å². The molecule has 15 heavy (non-hydrogen) atoms. The van der Waals surface area contributed by atoms with Crippen LogP contribution in [0.3, 0.4) is 0 Å². The lowest BCUT2D eigenvalue weighted by molar-refractivity contribution is -0.122. The summed E-state index contributed by atoms with van der Waals surface area (Å²) in [5.41, 5.74) is 0.730. The number of carbonyl (C=O) groups is 2. The summed E-state index contributed by atoms with van der Waals surface area (Å²) in [7, 11) is 0. The van der Waals surface area contributed by atoms with E-state index < -0.39 is 0 Å². The van der Waals surface area contributed by atoms with Gasteiger partial charge < -0.3 is 5.11 Å². The first-order chi connectivity index (χ1) is 7.31. The molecule has 1 N–H and O–H groups in total. The maximum atomic E-state index is 10.5. The van der Waals surface area contributed by atoms with Gasteiger partial charge in [-0.2, -0.15) is 0 Å². The molecule has 0 saturated heterocycles. The monoisotopic (exact) mass is 202 g/mol. The van der Waals surface area contributed by atoms with Crippen LogP contribution in [-0.4, -0.2) is 17.9 Å². The topological polar surface area (TPSA) is 54.4 Å². The Morgan fingerprint density at radius 2 is 1.53 bits per heavy atom. The van der Waals surface area contributed by atoms with Crippen molar-refractivity contribution in [2.45, 2.75) is 0 Å². The first-order valence-corrected chi connectivity index (χ1v) is 4.33. The molecular weight excluding hydrogens is 192 g/mol. The lowest BCUT2D eigenvalue weighted by atomic mass is 10.1. The van der Waals surface area contributed by atoms with E-state index >= 15 is 0 Å². The summed E-state index contributed by atoms with van der Waals surface area (Å²) >= 11 is 0. The Morgan fingerprint density at radius 3 is 2.13 bits per heavy atom. The largest absolute Gasteiger partial charge is 0.483 e. The number of hydrogen-bond acceptors (Lipinski definition) is 2. The second-order valence-electron chi connectivity index (χ2n) is 2.83. The van der Waals surface area contributed by atoms with Crippen LogP contribution in [0.4, 0.5) is 0 Å². The van der Waals surface area contributed by atoms with Gasteiger partial charge >= 0.3 is 0 Å². The Bertz CT molecular complexity index is 463. The molecule has 0 fully saturated rings. The average Bonchev–Trinajstić information content (AvgIpc) is 2.29. The van der Waals surface area contributed by atoms with Crippen LogP contribution in [0.15, 0.2) is 42.5 Å². The first kappa shape index (κ1) is 10.9. The van der Waals surface area contributed by atoms with E-state index in [4.69, 9.17) is 9.90 Å². The van der Waals surface area contributed by atoms with Gasteiger partial charge in [-0.1, -0.05) is 36.4 Å². The smallest absolute Gasteiger partial charge is 0.290 e. The number of carbonyl (C=O) groups excluding carboxylic acids is 1. The number of benzene rings is 2. The number of carboxylic acid groups (broad SMARTS) is 1. The molecule has 0 heterocycles. The lowest BCUT2D eigenvalue weighted by Crippen LogP contribution is -1.78. The van der Waals surface area contributed by atoms with Crippen molar-refractivity contribution in [3.05, 3.63) is 48.0 Å². The minimum absolute atomic E-state index is 0.250. The van der Waals surface area contributed by atoms with Crippen LogP contribution in [-0.2, 0) is 4.79 Å². The Morgan fingerprint density at radius 1 is 0.933 bits per heavy atom. The highest BCUT2D eigenvalue weighted by Gasteiger charge is 1.92. The summed E-state index contributed by atoms with van der Waals surface area (Å²) in [4.78, 5) is 18.8. The van der Waals surface area contributed by atoms with Gasteiger partial charge in [0, 0.05) is 5.56 Å². The van der Waals surface area contributed by atoms with E-state index in [-0.39, 0.29) is 6.47 Å². The fourth-order valence-corrected chi connectivity index (χ4v) is 1.28. The third-order valence-electron chi connectivity index (χ3n) is 1.91. The van der Waals surface area contributed by atoms with Crippen molar-refractivity contribution in [2.24, 2.45) is 0 Å². The molecule has 0 amide bonds.